The second-order valence-corrected chi connectivity index (χ2v) is 6.70. The number of carbonyl (C=O) groups excluding carboxylic acids is 1. The number of imidazole rings is 1. The maximum atomic E-state index is 12.5. The van der Waals surface area contributed by atoms with Crippen LogP contribution < -0.4 is 9.47 Å². The van der Waals surface area contributed by atoms with E-state index in [0.29, 0.717) is 30.9 Å². The standard InChI is InChI=1S/C17H21N3O3S/c1-22-13-4-2-3-5-14(13)23-12-17-20(10-11-24-17)16(21)7-6-15-18-8-9-19-15/h2-5,8-9,17H,6-7,10-12H2,1H3,(H,18,19). The van der Waals surface area contributed by atoms with Gasteiger partial charge in [-0.1, -0.05) is 12.1 Å². The van der Waals surface area contributed by atoms with Crippen molar-refractivity contribution >= 4 is 17.7 Å². The second kappa shape index (κ2) is 8.10. The Morgan fingerprint density at radius 1 is 1.42 bits per heavy atom. The van der Waals surface area contributed by atoms with Gasteiger partial charge in [0, 0.05) is 37.5 Å². The maximum absolute atomic E-state index is 12.5. The van der Waals surface area contributed by atoms with Gasteiger partial charge in [0.2, 0.25) is 5.91 Å². The Morgan fingerprint density at radius 3 is 3.00 bits per heavy atom. The van der Waals surface area contributed by atoms with Gasteiger partial charge in [-0.05, 0) is 12.1 Å². The van der Waals surface area contributed by atoms with Crippen LogP contribution in [0.5, 0.6) is 11.5 Å². The molecule has 2 heterocycles. The number of aromatic amines is 1. The molecule has 0 saturated carbocycles. The van der Waals surface area contributed by atoms with Crippen molar-refractivity contribution in [3.63, 3.8) is 0 Å². The van der Waals surface area contributed by atoms with Crippen LogP contribution in [-0.4, -0.2) is 52.2 Å². The van der Waals surface area contributed by atoms with Gasteiger partial charge in [0.25, 0.3) is 0 Å². The zero-order valence-corrected chi connectivity index (χ0v) is 14.4. The fraction of sp³-hybridized carbons (Fsp3) is 0.412. The first kappa shape index (κ1) is 16.7. The summed E-state index contributed by atoms with van der Waals surface area (Å²) in [4.78, 5) is 21.6. The Bertz CT molecular complexity index is 663. The molecule has 1 unspecified atom stereocenters. The normalized spacial score (nSPS) is 17.0. The van der Waals surface area contributed by atoms with Crippen LogP contribution in [0.4, 0.5) is 0 Å². The third-order valence-electron chi connectivity index (χ3n) is 3.89. The SMILES string of the molecule is COc1ccccc1OCC1SCCN1C(=O)CCc1ncc[nH]1. The molecule has 1 N–H and O–H groups in total. The minimum atomic E-state index is 0.0408. The molecular weight excluding hydrogens is 326 g/mol. The third kappa shape index (κ3) is 4.03. The number of aromatic nitrogens is 2. The number of amides is 1. The molecule has 0 radical (unpaired) electrons. The summed E-state index contributed by atoms with van der Waals surface area (Å²) < 4.78 is 11.2. The average molecular weight is 347 g/mol. The van der Waals surface area contributed by atoms with Crippen molar-refractivity contribution in [1.82, 2.24) is 14.9 Å². The van der Waals surface area contributed by atoms with E-state index >= 15 is 0 Å². The molecular formula is C17H21N3O3S. The van der Waals surface area contributed by atoms with E-state index in [-0.39, 0.29) is 11.3 Å². The van der Waals surface area contributed by atoms with Crippen molar-refractivity contribution < 1.29 is 14.3 Å². The topological polar surface area (TPSA) is 67.5 Å². The molecule has 0 bridgehead atoms. The number of methoxy groups -OCH3 is 1. The van der Waals surface area contributed by atoms with Crippen LogP contribution >= 0.6 is 11.8 Å². The van der Waals surface area contributed by atoms with Crippen LogP contribution in [0, 0.1) is 0 Å². The smallest absolute Gasteiger partial charge is 0.224 e. The average Bonchev–Trinajstić information content (AvgIpc) is 3.29. The highest BCUT2D eigenvalue weighted by Crippen LogP contribution is 2.29. The first-order valence-corrected chi connectivity index (χ1v) is 8.98. The molecule has 1 aliphatic rings. The first-order chi connectivity index (χ1) is 11.8. The summed E-state index contributed by atoms with van der Waals surface area (Å²) in [5, 5.41) is 0.0408. The van der Waals surface area contributed by atoms with Crippen LogP contribution in [0.3, 0.4) is 0 Å². The van der Waals surface area contributed by atoms with E-state index in [2.05, 4.69) is 9.97 Å². The number of hydrogen-bond acceptors (Lipinski definition) is 5. The van der Waals surface area contributed by atoms with E-state index in [1.165, 1.54) is 0 Å². The molecule has 1 aromatic heterocycles. The first-order valence-electron chi connectivity index (χ1n) is 7.93. The van der Waals surface area contributed by atoms with Gasteiger partial charge in [0.15, 0.2) is 11.5 Å². The van der Waals surface area contributed by atoms with Crippen molar-refractivity contribution in [3.05, 3.63) is 42.5 Å². The lowest BCUT2D eigenvalue weighted by Gasteiger charge is -2.24. The molecule has 1 amide bonds. The van der Waals surface area contributed by atoms with Gasteiger partial charge in [-0.25, -0.2) is 4.98 Å². The molecule has 128 valence electrons. The van der Waals surface area contributed by atoms with Crippen molar-refractivity contribution in [2.75, 3.05) is 26.0 Å². The number of nitrogens with zero attached hydrogens (tertiary/aromatic N) is 2. The zero-order chi connectivity index (χ0) is 16.8. The highest BCUT2D eigenvalue weighted by molar-refractivity contribution is 8.00. The highest BCUT2D eigenvalue weighted by Gasteiger charge is 2.29. The molecule has 1 aliphatic heterocycles. The molecule has 6 nitrogen and oxygen atoms in total. The number of hydrogen-bond donors (Lipinski definition) is 1. The van der Waals surface area contributed by atoms with Crippen LogP contribution in [-0.2, 0) is 11.2 Å². The van der Waals surface area contributed by atoms with E-state index < -0.39 is 0 Å². The Balaban J connectivity index is 1.54. The van der Waals surface area contributed by atoms with Crippen LogP contribution in [0.2, 0.25) is 0 Å². The summed E-state index contributed by atoms with van der Waals surface area (Å²) >= 11 is 1.75. The molecule has 1 fully saturated rings. The van der Waals surface area contributed by atoms with Gasteiger partial charge in [-0.15, -0.1) is 11.8 Å². The zero-order valence-electron chi connectivity index (χ0n) is 13.6. The summed E-state index contributed by atoms with van der Waals surface area (Å²) in [5.41, 5.74) is 0. The fourth-order valence-electron chi connectivity index (χ4n) is 2.65. The molecule has 3 rings (SSSR count). The van der Waals surface area contributed by atoms with E-state index in [0.717, 1.165) is 18.1 Å². The van der Waals surface area contributed by atoms with Gasteiger partial charge in [-0.3, -0.25) is 4.79 Å². The number of para-hydroxylation sites is 2. The molecule has 0 aliphatic carbocycles. The summed E-state index contributed by atoms with van der Waals surface area (Å²) in [7, 11) is 1.62. The number of aryl methyl sites for hydroxylation is 1. The Kier molecular flexibility index (Phi) is 5.63. The summed E-state index contributed by atoms with van der Waals surface area (Å²) in [6.07, 6.45) is 4.57. The molecule has 1 saturated heterocycles. The molecule has 2 aromatic rings. The van der Waals surface area contributed by atoms with Gasteiger partial charge in [-0.2, -0.15) is 0 Å². The lowest BCUT2D eigenvalue weighted by atomic mass is 10.2. The van der Waals surface area contributed by atoms with Gasteiger partial charge in [0.1, 0.15) is 17.8 Å². The number of ether oxygens (including phenoxy) is 2. The van der Waals surface area contributed by atoms with E-state index in [4.69, 9.17) is 9.47 Å². The van der Waals surface area contributed by atoms with Gasteiger partial charge < -0.3 is 19.4 Å². The second-order valence-electron chi connectivity index (χ2n) is 5.41. The number of benzene rings is 1. The maximum Gasteiger partial charge on any atom is 0.224 e. The minimum Gasteiger partial charge on any atom is -0.493 e. The van der Waals surface area contributed by atoms with E-state index in [9.17, 15) is 4.79 Å². The summed E-state index contributed by atoms with van der Waals surface area (Å²) in [6, 6.07) is 7.55. The van der Waals surface area contributed by atoms with Crippen molar-refractivity contribution in [3.8, 4) is 11.5 Å². The lowest BCUT2D eigenvalue weighted by molar-refractivity contribution is -0.131. The molecule has 1 atom stereocenters. The summed E-state index contributed by atoms with van der Waals surface area (Å²) in [6.45, 7) is 1.22. The van der Waals surface area contributed by atoms with Gasteiger partial charge in [0.05, 0.1) is 7.11 Å². The monoisotopic (exact) mass is 347 g/mol. The molecule has 1 aromatic carbocycles. The lowest BCUT2D eigenvalue weighted by Crippen LogP contribution is -2.38. The van der Waals surface area contributed by atoms with Crippen molar-refractivity contribution in [2.24, 2.45) is 0 Å². The van der Waals surface area contributed by atoms with Crippen LogP contribution in [0.25, 0.3) is 0 Å². The van der Waals surface area contributed by atoms with Crippen molar-refractivity contribution in [1.29, 1.82) is 0 Å². The number of thioether (sulfide) groups is 1. The number of nitrogens with one attached hydrogen (secondary N) is 1. The summed E-state index contributed by atoms with van der Waals surface area (Å²) in [5.74, 6) is 3.33. The van der Waals surface area contributed by atoms with Crippen LogP contribution in [0.15, 0.2) is 36.7 Å². The predicted molar refractivity (Wildman–Crippen MR) is 93.4 cm³/mol. The third-order valence-corrected chi connectivity index (χ3v) is 5.09. The predicted octanol–water partition coefficient (Wildman–Crippen LogP) is 2.33. The fourth-order valence-corrected chi connectivity index (χ4v) is 3.79. The quantitative estimate of drug-likeness (QED) is 0.833. The number of carbonyl (C=O) groups is 1. The Hall–Kier alpha value is -2.15. The number of H-pyrrole nitrogens is 1. The van der Waals surface area contributed by atoms with E-state index in [1.54, 1.807) is 31.3 Å². The Labute approximate surface area is 145 Å². The molecule has 0 spiro atoms. The molecule has 7 heteroatoms. The highest BCUT2D eigenvalue weighted by atomic mass is 32.2. The minimum absolute atomic E-state index is 0.0408. The van der Waals surface area contributed by atoms with Crippen molar-refractivity contribution in [2.45, 2.75) is 18.2 Å². The van der Waals surface area contributed by atoms with E-state index in [1.807, 2.05) is 29.2 Å². The Morgan fingerprint density at radius 2 is 2.25 bits per heavy atom. The largest absolute Gasteiger partial charge is 0.493 e. The molecule has 24 heavy (non-hydrogen) atoms. The number of rotatable bonds is 7. The van der Waals surface area contributed by atoms with Crippen LogP contribution in [0.1, 0.15) is 12.2 Å². The van der Waals surface area contributed by atoms with Gasteiger partial charge >= 0.3 is 0 Å².